The van der Waals surface area contributed by atoms with E-state index in [0.29, 0.717) is 12.0 Å². The van der Waals surface area contributed by atoms with Crippen molar-refractivity contribution in [1.82, 2.24) is 9.88 Å². The Hall–Kier alpha value is -2.23. The molecule has 172 valence electrons. The van der Waals surface area contributed by atoms with E-state index in [2.05, 4.69) is 73.4 Å². The summed E-state index contributed by atoms with van der Waals surface area (Å²) < 4.78 is 7.26. The van der Waals surface area contributed by atoms with E-state index >= 15 is 0 Å². The molecular weight excluding hydrogens is 404 g/mol. The largest absolute Gasteiger partial charge is 0.359 e. The standard InChI is InChI=1S/C30H36N2O/c1-21-7-8-22(24-10-9-23-13-16-31-20-25(23)17-24)5-4-6-27-18-26-11-12-28(32(2)3)19-29(26)14-15-30(21,27)33-29/h6,8-10,13,16-18,20-21,28H,4-5,7,11-12,14-15,19H2,1-3H3. The Morgan fingerprint density at radius 2 is 1.97 bits per heavy atom. The number of rotatable bonds is 2. The lowest BCUT2D eigenvalue weighted by molar-refractivity contribution is -0.113. The van der Waals surface area contributed by atoms with Crippen LogP contribution in [0.25, 0.3) is 16.3 Å². The molecular formula is C30H36N2O. The van der Waals surface area contributed by atoms with Gasteiger partial charge in [-0.15, -0.1) is 0 Å². The molecule has 3 heteroatoms. The van der Waals surface area contributed by atoms with Crippen LogP contribution >= 0.6 is 0 Å². The number of benzene rings is 1. The first-order chi connectivity index (χ1) is 16.0. The Morgan fingerprint density at radius 1 is 1.06 bits per heavy atom. The first kappa shape index (κ1) is 21.3. The lowest BCUT2D eigenvalue weighted by Crippen LogP contribution is -2.50. The van der Waals surface area contributed by atoms with Gasteiger partial charge in [-0.3, -0.25) is 4.98 Å². The molecule has 2 aromatic rings. The topological polar surface area (TPSA) is 25.4 Å². The van der Waals surface area contributed by atoms with Crippen LogP contribution in [0.4, 0.5) is 0 Å². The van der Waals surface area contributed by atoms with Gasteiger partial charge in [0.25, 0.3) is 0 Å². The van der Waals surface area contributed by atoms with E-state index in [0.717, 1.165) is 32.1 Å². The second kappa shape index (κ2) is 7.92. The van der Waals surface area contributed by atoms with Gasteiger partial charge in [-0.05, 0) is 111 Å². The molecule has 2 bridgehead atoms. The highest BCUT2D eigenvalue weighted by Crippen LogP contribution is 2.59. The van der Waals surface area contributed by atoms with Crippen molar-refractivity contribution in [3.63, 3.8) is 0 Å². The fourth-order valence-electron chi connectivity index (χ4n) is 6.93. The minimum Gasteiger partial charge on any atom is -0.359 e. The molecule has 2 spiro atoms. The zero-order valence-electron chi connectivity index (χ0n) is 20.3. The normalized spacial score (nSPS) is 33.9. The Balaban J connectivity index is 1.33. The SMILES string of the molecule is CC1CC=C(c2ccc3ccncc3c2)CCC=C2C=C3CCC(N(C)C)CC34CCC21O4. The van der Waals surface area contributed by atoms with Crippen LogP contribution in [-0.4, -0.2) is 41.2 Å². The van der Waals surface area contributed by atoms with Gasteiger partial charge in [-0.2, -0.15) is 0 Å². The number of ether oxygens (including phenoxy) is 1. The molecule has 4 aliphatic rings. The van der Waals surface area contributed by atoms with E-state index in [1.807, 2.05) is 12.4 Å². The van der Waals surface area contributed by atoms with Crippen molar-refractivity contribution in [2.24, 2.45) is 5.92 Å². The average molecular weight is 441 g/mol. The van der Waals surface area contributed by atoms with E-state index in [4.69, 9.17) is 4.74 Å². The first-order valence-electron chi connectivity index (χ1n) is 12.8. The second-order valence-corrected chi connectivity index (χ2v) is 11.0. The molecule has 1 aromatic heterocycles. The first-order valence-corrected chi connectivity index (χ1v) is 12.8. The van der Waals surface area contributed by atoms with Crippen molar-refractivity contribution in [2.45, 2.75) is 75.5 Å². The fourth-order valence-corrected chi connectivity index (χ4v) is 6.93. The Bertz CT molecular complexity index is 1170. The van der Waals surface area contributed by atoms with Crippen LogP contribution in [0.1, 0.15) is 63.9 Å². The van der Waals surface area contributed by atoms with E-state index in [1.54, 1.807) is 5.57 Å². The Labute approximate surface area is 198 Å². The average Bonchev–Trinajstić information content (AvgIpc) is 3.18. The Morgan fingerprint density at radius 3 is 2.85 bits per heavy atom. The van der Waals surface area contributed by atoms with Gasteiger partial charge < -0.3 is 9.64 Å². The summed E-state index contributed by atoms with van der Waals surface area (Å²) >= 11 is 0. The highest BCUT2D eigenvalue weighted by Gasteiger charge is 2.58. The molecule has 0 N–H and O–H groups in total. The van der Waals surface area contributed by atoms with Crippen LogP contribution < -0.4 is 0 Å². The lowest BCUT2D eigenvalue weighted by Gasteiger charge is -2.49. The smallest absolute Gasteiger partial charge is 0.0969 e. The maximum Gasteiger partial charge on any atom is 0.0969 e. The molecule has 3 heterocycles. The number of nitrogens with zero attached hydrogens (tertiary/aromatic N) is 2. The van der Waals surface area contributed by atoms with Crippen LogP contribution in [0.15, 0.2) is 66.0 Å². The maximum atomic E-state index is 7.26. The quantitative estimate of drug-likeness (QED) is 0.519. The molecule has 2 aliphatic carbocycles. The summed E-state index contributed by atoms with van der Waals surface area (Å²) in [6.45, 7) is 2.42. The number of pyridine rings is 1. The van der Waals surface area contributed by atoms with E-state index < -0.39 is 0 Å². The molecule has 3 nitrogen and oxygen atoms in total. The van der Waals surface area contributed by atoms with Gasteiger partial charge in [0.1, 0.15) is 0 Å². The van der Waals surface area contributed by atoms with Gasteiger partial charge in [-0.1, -0.05) is 37.3 Å². The monoisotopic (exact) mass is 440 g/mol. The summed E-state index contributed by atoms with van der Waals surface area (Å²) in [5.41, 5.74) is 5.71. The Kier molecular flexibility index (Phi) is 5.12. The van der Waals surface area contributed by atoms with Gasteiger partial charge in [0.15, 0.2) is 0 Å². The molecule has 4 atom stereocenters. The molecule has 1 saturated heterocycles. The molecule has 1 saturated carbocycles. The summed E-state index contributed by atoms with van der Waals surface area (Å²) in [4.78, 5) is 6.74. The molecule has 0 amide bonds. The zero-order chi connectivity index (χ0) is 22.6. The van der Waals surface area contributed by atoms with E-state index in [1.165, 1.54) is 46.7 Å². The van der Waals surface area contributed by atoms with Gasteiger partial charge in [-0.25, -0.2) is 0 Å². The molecule has 1 aromatic carbocycles. The summed E-state index contributed by atoms with van der Waals surface area (Å²) in [5.74, 6) is 0.468. The van der Waals surface area contributed by atoms with Gasteiger partial charge in [0.05, 0.1) is 11.2 Å². The van der Waals surface area contributed by atoms with Crippen molar-refractivity contribution in [2.75, 3.05) is 14.1 Å². The third-order valence-corrected chi connectivity index (χ3v) is 9.03. The van der Waals surface area contributed by atoms with Crippen LogP contribution in [0.5, 0.6) is 0 Å². The van der Waals surface area contributed by atoms with Crippen molar-refractivity contribution < 1.29 is 4.74 Å². The highest BCUT2D eigenvalue weighted by atomic mass is 16.5. The number of allylic oxidation sites excluding steroid dienone is 3. The van der Waals surface area contributed by atoms with Crippen molar-refractivity contribution in [3.8, 4) is 0 Å². The number of hydrogen-bond acceptors (Lipinski definition) is 3. The predicted octanol–water partition coefficient (Wildman–Crippen LogP) is 6.71. The van der Waals surface area contributed by atoms with Crippen LogP contribution in [0.2, 0.25) is 0 Å². The van der Waals surface area contributed by atoms with E-state index in [-0.39, 0.29) is 11.2 Å². The van der Waals surface area contributed by atoms with Crippen molar-refractivity contribution >= 4 is 16.3 Å². The van der Waals surface area contributed by atoms with Crippen LogP contribution in [-0.2, 0) is 4.74 Å². The maximum absolute atomic E-state index is 7.26. The van der Waals surface area contributed by atoms with Gasteiger partial charge >= 0.3 is 0 Å². The minimum absolute atomic E-state index is 0.0231. The van der Waals surface area contributed by atoms with Gasteiger partial charge in [0, 0.05) is 23.8 Å². The van der Waals surface area contributed by atoms with E-state index in [9.17, 15) is 0 Å². The summed E-state index contributed by atoms with van der Waals surface area (Å²) in [7, 11) is 4.46. The summed E-state index contributed by atoms with van der Waals surface area (Å²) in [6, 6.07) is 9.56. The highest BCUT2D eigenvalue weighted by molar-refractivity contribution is 5.85. The van der Waals surface area contributed by atoms with Crippen molar-refractivity contribution in [3.05, 3.63) is 71.6 Å². The lowest BCUT2D eigenvalue weighted by atomic mass is 9.74. The minimum atomic E-state index is -0.114. The molecule has 2 fully saturated rings. The molecule has 6 rings (SSSR count). The van der Waals surface area contributed by atoms with Gasteiger partial charge in [0.2, 0.25) is 0 Å². The second-order valence-electron chi connectivity index (χ2n) is 11.0. The number of hydrogen-bond donors (Lipinski definition) is 0. The van der Waals surface area contributed by atoms with Crippen LogP contribution in [0, 0.1) is 5.92 Å². The number of aromatic nitrogens is 1. The zero-order valence-corrected chi connectivity index (χ0v) is 20.3. The third-order valence-electron chi connectivity index (χ3n) is 9.03. The molecule has 2 aliphatic heterocycles. The van der Waals surface area contributed by atoms with Crippen LogP contribution in [0.3, 0.4) is 0 Å². The molecule has 33 heavy (non-hydrogen) atoms. The molecule has 0 radical (unpaired) electrons. The number of fused-ring (bicyclic) bond motifs is 1. The summed E-state index contributed by atoms with van der Waals surface area (Å²) in [6.07, 6.45) is 20.6. The molecule has 4 unspecified atom stereocenters. The van der Waals surface area contributed by atoms with Crippen molar-refractivity contribution in [1.29, 1.82) is 0 Å². The summed E-state index contributed by atoms with van der Waals surface area (Å²) in [5, 5.41) is 2.48. The predicted molar refractivity (Wildman–Crippen MR) is 136 cm³/mol. The third kappa shape index (κ3) is 3.43. The fraction of sp³-hybridized carbons (Fsp3) is 0.500.